The maximum Gasteiger partial charge on any atom is 0.303 e. The number of aliphatic hydroxyl groups excluding tert-OH is 1. The molecule has 0 radical (unpaired) electrons. The molecule has 27 heavy (non-hydrogen) atoms. The van der Waals surface area contributed by atoms with Crippen LogP contribution in [-0.2, 0) is 16.0 Å². The number of carboxylic acid groups (broad SMARTS) is 1. The van der Waals surface area contributed by atoms with Gasteiger partial charge < -0.3 is 15.1 Å². The van der Waals surface area contributed by atoms with Crippen LogP contribution in [0.1, 0.15) is 56.1 Å². The first-order chi connectivity index (χ1) is 13.0. The van der Waals surface area contributed by atoms with Crippen molar-refractivity contribution in [3.8, 4) is 0 Å². The molecule has 2 rings (SSSR count). The number of hydrogen-bond acceptors (Lipinski definition) is 3. The topological polar surface area (TPSA) is 77.8 Å². The fourth-order valence-electron chi connectivity index (χ4n) is 3.45. The van der Waals surface area contributed by atoms with E-state index in [2.05, 4.69) is 0 Å². The Hall–Kier alpha value is -2.14. The summed E-state index contributed by atoms with van der Waals surface area (Å²) >= 11 is 0. The van der Waals surface area contributed by atoms with Crippen LogP contribution in [0, 0.1) is 6.92 Å². The second-order valence-corrected chi connectivity index (χ2v) is 7.39. The summed E-state index contributed by atoms with van der Waals surface area (Å²) in [6.07, 6.45) is 8.76. The lowest BCUT2D eigenvalue weighted by Gasteiger charge is -2.22. The Kier molecular flexibility index (Phi) is 8.52. The van der Waals surface area contributed by atoms with Gasteiger partial charge in [0.05, 0.1) is 12.1 Å². The van der Waals surface area contributed by atoms with Crippen molar-refractivity contribution in [1.29, 1.82) is 0 Å². The summed E-state index contributed by atoms with van der Waals surface area (Å²) in [5.74, 6) is -0.581. The highest BCUT2D eigenvalue weighted by atomic mass is 16.4. The number of nitrogens with zero attached hydrogens (tertiary/aromatic N) is 1. The van der Waals surface area contributed by atoms with Gasteiger partial charge in [-0.1, -0.05) is 54.8 Å². The van der Waals surface area contributed by atoms with Crippen LogP contribution < -0.4 is 0 Å². The van der Waals surface area contributed by atoms with Gasteiger partial charge in [-0.05, 0) is 31.7 Å². The van der Waals surface area contributed by atoms with E-state index in [9.17, 15) is 14.7 Å². The molecule has 1 aliphatic rings. The molecule has 1 aliphatic heterocycles. The summed E-state index contributed by atoms with van der Waals surface area (Å²) in [4.78, 5) is 24.5. The highest BCUT2D eigenvalue weighted by Gasteiger charge is 2.28. The molecule has 1 heterocycles. The number of aliphatic carboxylic acids is 1. The van der Waals surface area contributed by atoms with E-state index < -0.39 is 12.1 Å². The maximum atomic E-state index is 12.1. The number of hydrogen-bond donors (Lipinski definition) is 2. The van der Waals surface area contributed by atoms with E-state index in [1.807, 2.05) is 48.2 Å². The van der Waals surface area contributed by atoms with Gasteiger partial charge in [0.1, 0.15) is 0 Å². The standard InChI is InChI=1S/C22H31NO4/c1-17-7-9-18(10-8-17)16-20(24)13-11-19-12-14-21(25)23(19)15-5-3-2-4-6-22(26)27/h7-11,13,19-20,24H,2-6,12,14-16H2,1H3,(H,26,27)/b13-11+/t19-,20+/m0/s1. The molecule has 0 bridgehead atoms. The third kappa shape index (κ3) is 7.55. The van der Waals surface area contributed by atoms with E-state index in [1.165, 1.54) is 5.56 Å². The van der Waals surface area contributed by atoms with E-state index in [0.29, 0.717) is 25.8 Å². The van der Waals surface area contributed by atoms with Crippen molar-refractivity contribution < 1.29 is 19.8 Å². The van der Waals surface area contributed by atoms with Crippen molar-refractivity contribution in [1.82, 2.24) is 4.90 Å². The molecule has 148 valence electrons. The molecule has 0 aromatic heterocycles. The SMILES string of the molecule is Cc1ccc(C[C@H](O)/C=C/[C@H]2CCC(=O)N2CCCCCCC(=O)O)cc1. The second-order valence-electron chi connectivity index (χ2n) is 7.39. The molecular weight excluding hydrogens is 342 g/mol. The van der Waals surface area contributed by atoms with Gasteiger partial charge in [-0.2, -0.15) is 0 Å². The van der Waals surface area contributed by atoms with Gasteiger partial charge in [0, 0.05) is 25.8 Å². The third-order valence-electron chi connectivity index (χ3n) is 5.04. The number of amides is 1. The predicted molar refractivity (Wildman–Crippen MR) is 105 cm³/mol. The van der Waals surface area contributed by atoms with Crippen molar-refractivity contribution in [2.75, 3.05) is 6.54 Å². The van der Waals surface area contributed by atoms with Crippen molar-refractivity contribution >= 4 is 11.9 Å². The van der Waals surface area contributed by atoms with Gasteiger partial charge >= 0.3 is 5.97 Å². The van der Waals surface area contributed by atoms with Gasteiger partial charge in [0.15, 0.2) is 0 Å². The summed E-state index contributed by atoms with van der Waals surface area (Å²) in [6, 6.07) is 8.20. The molecule has 1 aromatic rings. The molecular formula is C22H31NO4. The summed E-state index contributed by atoms with van der Waals surface area (Å²) in [5.41, 5.74) is 2.30. The van der Waals surface area contributed by atoms with Crippen LogP contribution in [0.5, 0.6) is 0 Å². The first-order valence-corrected chi connectivity index (χ1v) is 9.89. The maximum absolute atomic E-state index is 12.1. The highest BCUT2D eigenvalue weighted by molar-refractivity contribution is 5.79. The van der Waals surface area contributed by atoms with Crippen LogP contribution in [0.3, 0.4) is 0 Å². The molecule has 0 unspecified atom stereocenters. The lowest BCUT2D eigenvalue weighted by Crippen LogP contribution is -2.32. The molecule has 0 saturated carbocycles. The molecule has 2 N–H and O–H groups in total. The average molecular weight is 373 g/mol. The Bertz CT molecular complexity index is 638. The zero-order valence-corrected chi connectivity index (χ0v) is 16.1. The molecule has 0 aliphatic carbocycles. The quantitative estimate of drug-likeness (QED) is 0.460. The summed E-state index contributed by atoms with van der Waals surface area (Å²) < 4.78 is 0. The first kappa shape index (κ1) is 21.2. The van der Waals surface area contributed by atoms with Crippen LogP contribution in [0.4, 0.5) is 0 Å². The van der Waals surface area contributed by atoms with Crippen LogP contribution in [0.25, 0.3) is 0 Å². The van der Waals surface area contributed by atoms with E-state index >= 15 is 0 Å². The zero-order chi connectivity index (χ0) is 19.6. The number of rotatable bonds is 11. The highest BCUT2D eigenvalue weighted by Crippen LogP contribution is 2.21. The Labute approximate surface area is 161 Å². The number of benzene rings is 1. The molecule has 2 atom stereocenters. The largest absolute Gasteiger partial charge is 0.481 e. The van der Waals surface area contributed by atoms with Gasteiger partial charge in [-0.15, -0.1) is 0 Å². The van der Waals surface area contributed by atoms with E-state index in [-0.39, 0.29) is 18.4 Å². The van der Waals surface area contributed by atoms with Crippen LogP contribution in [0.15, 0.2) is 36.4 Å². The molecule has 1 amide bonds. The minimum atomic E-state index is -0.751. The van der Waals surface area contributed by atoms with E-state index in [0.717, 1.165) is 31.2 Å². The van der Waals surface area contributed by atoms with Gasteiger partial charge in [-0.3, -0.25) is 9.59 Å². The minimum absolute atomic E-state index is 0.0594. The van der Waals surface area contributed by atoms with E-state index in [1.54, 1.807) is 0 Å². The smallest absolute Gasteiger partial charge is 0.303 e. The number of aryl methyl sites for hydroxylation is 1. The monoisotopic (exact) mass is 373 g/mol. The zero-order valence-electron chi connectivity index (χ0n) is 16.1. The van der Waals surface area contributed by atoms with Crippen LogP contribution in [0.2, 0.25) is 0 Å². The van der Waals surface area contributed by atoms with Crippen LogP contribution in [-0.4, -0.2) is 45.7 Å². The van der Waals surface area contributed by atoms with Crippen molar-refractivity contribution in [3.05, 3.63) is 47.5 Å². The Morgan fingerprint density at radius 1 is 1.22 bits per heavy atom. The number of carbonyl (C=O) groups is 2. The van der Waals surface area contributed by atoms with Crippen LogP contribution >= 0.6 is 0 Å². The normalized spacial score (nSPS) is 18.4. The lowest BCUT2D eigenvalue weighted by molar-refractivity contribution is -0.137. The average Bonchev–Trinajstić information content (AvgIpc) is 2.98. The molecule has 1 aromatic carbocycles. The number of aliphatic hydroxyl groups is 1. The molecule has 5 heteroatoms. The molecule has 1 saturated heterocycles. The van der Waals surface area contributed by atoms with E-state index in [4.69, 9.17) is 5.11 Å². The Balaban J connectivity index is 1.76. The Morgan fingerprint density at radius 3 is 2.63 bits per heavy atom. The van der Waals surface area contributed by atoms with Gasteiger partial charge in [0.2, 0.25) is 5.91 Å². The number of carboxylic acids is 1. The van der Waals surface area contributed by atoms with Crippen molar-refractivity contribution in [3.63, 3.8) is 0 Å². The number of likely N-dealkylation sites (tertiary alicyclic amines) is 1. The second kappa shape index (κ2) is 10.9. The molecule has 0 spiro atoms. The summed E-state index contributed by atoms with van der Waals surface area (Å²) in [7, 11) is 0. The van der Waals surface area contributed by atoms with Crippen molar-refractivity contribution in [2.45, 2.75) is 70.4 Å². The molecule has 1 fully saturated rings. The lowest BCUT2D eigenvalue weighted by atomic mass is 10.0. The summed E-state index contributed by atoms with van der Waals surface area (Å²) in [6.45, 7) is 2.74. The fourth-order valence-corrected chi connectivity index (χ4v) is 3.45. The Morgan fingerprint density at radius 2 is 1.93 bits per heavy atom. The minimum Gasteiger partial charge on any atom is -0.481 e. The number of unbranched alkanes of at least 4 members (excludes halogenated alkanes) is 3. The third-order valence-corrected chi connectivity index (χ3v) is 5.04. The van der Waals surface area contributed by atoms with Gasteiger partial charge in [0.25, 0.3) is 0 Å². The number of carbonyl (C=O) groups excluding carboxylic acids is 1. The van der Waals surface area contributed by atoms with Crippen molar-refractivity contribution in [2.24, 2.45) is 0 Å². The fraction of sp³-hybridized carbons (Fsp3) is 0.545. The first-order valence-electron chi connectivity index (χ1n) is 9.89. The summed E-state index contributed by atoms with van der Waals surface area (Å²) in [5, 5.41) is 18.9. The predicted octanol–water partition coefficient (Wildman–Crippen LogP) is 3.48. The van der Waals surface area contributed by atoms with Gasteiger partial charge in [-0.25, -0.2) is 0 Å². The molecule has 5 nitrogen and oxygen atoms in total.